The van der Waals surface area contributed by atoms with Crippen LogP contribution >= 0.6 is 22.9 Å². The number of carbonyl (C=O) groups is 1. The number of hydrogen-bond acceptors (Lipinski definition) is 3. The standard InChI is InChI=1S/C14H13ClN2OS/c15-10-1-2-11-13(16-6-19-11)12(10)17-14(18)9-4-7-3-8(7)5-9/h1-2,6-9H,3-5H2,(H,17,18). The minimum atomic E-state index is 0.106. The van der Waals surface area contributed by atoms with Crippen LogP contribution in [-0.4, -0.2) is 10.9 Å². The smallest absolute Gasteiger partial charge is 0.227 e. The van der Waals surface area contributed by atoms with Crippen LogP contribution in [0, 0.1) is 17.8 Å². The molecule has 0 aliphatic heterocycles. The quantitative estimate of drug-likeness (QED) is 0.911. The number of hydrogen-bond donors (Lipinski definition) is 1. The summed E-state index contributed by atoms with van der Waals surface area (Å²) in [6, 6.07) is 3.76. The Morgan fingerprint density at radius 1 is 1.32 bits per heavy atom. The molecule has 2 atom stereocenters. The van der Waals surface area contributed by atoms with Gasteiger partial charge in [0.05, 0.1) is 20.9 Å². The van der Waals surface area contributed by atoms with Crippen molar-refractivity contribution in [1.82, 2.24) is 4.98 Å². The fourth-order valence-corrected chi connectivity index (χ4v) is 4.06. The number of fused-ring (bicyclic) bond motifs is 2. The molecule has 98 valence electrons. The maximum atomic E-state index is 12.3. The monoisotopic (exact) mass is 292 g/mol. The second-order valence-electron chi connectivity index (χ2n) is 5.53. The zero-order chi connectivity index (χ0) is 13.0. The minimum absolute atomic E-state index is 0.106. The molecule has 2 unspecified atom stereocenters. The molecule has 0 radical (unpaired) electrons. The molecule has 2 aliphatic rings. The number of nitrogens with one attached hydrogen (secondary N) is 1. The predicted octanol–water partition coefficient (Wildman–Crippen LogP) is 3.93. The molecular formula is C14H13ClN2OS. The molecule has 4 rings (SSSR count). The number of amides is 1. The van der Waals surface area contributed by atoms with Crippen molar-refractivity contribution in [2.45, 2.75) is 19.3 Å². The van der Waals surface area contributed by atoms with Crippen molar-refractivity contribution in [3.63, 3.8) is 0 Å². The number of benzene rings is 1. The van der Waals surface area contributed by atoms with Crippen molar-refractivity contribution in [1.29, 1.82) is 0 Å². The van der Waals surface area contributed by atoms with Gasteiger partial charge in [0.1, 0.15) is 5.52 Å². The molecule has 1 aromatic carbocycles. The lowest BCUT2D eigenvalue weighted by atomic mass is 10.0. The highest BCUT2D eigenvalue weighted by atomic mass is 35.5. The van der Waals surface area contributed by atoms with Crippen molar-refractivity contribution >= 4 is 44.7 Å². The lowest BCUT2D eigenvalue weighted by Gasteiger charge is -2.13. The third-order valence-electron chi connectivity index (χ3n) is 4.31. The molecule has 1 heterocycles. The van der Waals surface area contributed by atoms with Crippen molar-refractivity contribution in [2.24, 2.45) is 17.8 Å². The van der Waals surface area contributed by atoms with Crippen LogP contribution in [-0.2, 0) is 4.79 Å². The first-order chi connectivity index (χ1) is 9.22. The van der Waals surface area contributed by atoms with Gasteiger partial charge in [-0.2, -0.15) is 0 Å². The molecule has 0 bridgehead atoms. The molecule has 2 fully saturated rings. The molecule has 0 saturated heterocycles. The van der Waals surface area contributed by atoms with E-state index in [-0.39, 0.29) is 11.8 Å². The highest BCUT2D eigenvalue weighted by Crippen LogP contribution is 2.54. The van der Waals surface area contributed by atoms with E-state index in [1.165, 1.54) is 6.42 Å². The van der Waals surface area contributed by atoms with Crippen LogP contribution in [0.2, 0.25) is 5.02 Å². The van der Waals surface area contributed by atoms with Gasteiger partial charge in [-0.3, -0.25) is 4.79 Å². The Bertz CT molecular complexity index is 659. The van der Waals surface area contributed by atoms with Gasteiger partial charge in [0.15, 0.2) is 0 Å². The molecule has 3 nitrogen and oxygen atoms in total. The summed E-state index contributed by atoms with van der Waals surface area (Å²) in [5, 5.41) is 3.56. The van der Waals surface area contributed by atoms with Gasteiger partial charge in [0.25, 0.3) is 0 Å². The predicted molar refractivity (Wildman–Crippen MR) is 77.6 cm³/mol. The zero-order valence-corrected chi connectivity index (χ0v) is 11.8. The first kappa shape index (κ1) is 11.7. The fraction of sp³-hybridized carbons (Fsp3) is 0.429. The second-order valence-corrected chi connectivity index (χ2v) is 6.83. The number of anilines is 1. The molecule has 5 heteroatoms. The highest BCUT2D eigenvalue weighted by molar-refractivity contribution is 7.16. The number of thiazole rings is 1. The average Bonchev–Trinajstić information content (AvgIpc) is 2.84. The van der Waals surface area contributed by atoms with Gasteiger partial charge in [-0.05, 0) is 43.2 Å². The van der Waals surface area contributed by atoms with E-state index < -0.39 is 0 Å². The van der Waals surface area contributed by atoms with Gasteiger partial charge in [0.2, 0.25) is 5.91 Å². The molecule has 2 aromatic rings. The maximum Gasteiger partial charge on any atom is 0.227 e. The molecular weight excluding hydrogens is 280 g/mol. The summed E-state index contributed by atoms with van der Waals surface area (Å²) in [5.74, 6) is 1.88. The lowest BCUT2D eigenvalue weighted by Crippen LogP contribution is -2.22. The first-order valence-electron chi connectivity index (χ1n) is 6.55. The van der Waals surface area contributed by atoms with Gasteiger partial charge in [-0.1, -0.05) is 11.6 Å². The molecule has 1 N–H and O–H groups in total. The highest BCUT2D eigenvalue weighted by Gasteiger charge is 2.48. The summed E-state index contributed by atoms with van der Waals surface area (Å²) in [6.45, 7) is 0. The number of nitrogens with zero attached hydrogens (tertiary/aromatic N) is 1. The minimum Gasteiger partial charge on any atom is -0.323 e. The van der Waals surface area contributed by atoms with E-state index in [2.05, 4.69) is 10.3 Å². The second kappa shape index (κ2) is 4.18. The van der Waals surface area contributed by atoms with Crippen LogP contribution in [0.4, 0.5) is 5.69 Å². The Balaban J connectivity index is 1.61. The van der Waals surface area contributed by atoms with Crippen LogP contribution < -0.4 is 5.32 Å². The van der Waals surface area contributed by atoms with E-state index in [1.54, 1.807) is 16.8 Å². The topological polar surface area (TPSA) is 42.0 Å². The van der Waals surface area contributed by atoms with Crippen molar-refractivity contribution < 1.29 is 4.79 Å². The van der Waals surface area contributed by atoms with E-state index in [1.807, 2.05) is 12.1 Å². The van der Waals surface area contributed by atoms with E-state index in [0.717, 1.165) is 34.9 Å². The van der Waals surface area contributed by atoms with Crippen molar-refractivity contribution in [3.8, 4) is 0 Å². The number of halogens is 1. The van der Waals surface area contributed by atoms with E-state index in [4.69, 9.17) is 11.6 Å². The summed E-state index contributed by atoms with van der Waals surface area (Å²) in [4.78, 5) is 16.6. The summed E-state index contributed by atoms with van der Waals surface area (Å²) in [6.07, 6.45) is 3.41. The van der Waals surface area contributed by atoms with Crippen molar-refractivity contribution in [2.75, 3.05) is 5.32 Å². The third-order valence-corrected chi connectivity index (χ3v) is 5.42. The molecule has 19 heavy (non-hydrogen) atoms. The van der Waals surface area contributed by atoms with E-state index in [9.17, 15) is 4.79 Å². The molecule has 2 aliphatic carbocycles. The number of rotatable bonds is 2. The molecule has 1 amide bonds. The molecule has 1 aromatic heterocycles. The molecule has 2 saturated carbocycles. The lowest BCUT2D eigenvalue weighted by molar-refractivity contribution is -0.119. The van der Waals surface area contributed by atoms with Crippen LogP contribution in [0.5, 0.6) is 0 Å². The van der Waals surface area contributed by atoms with Gasteiger partial charge in [0, 0.05) is 5.92 Å². The van der Waals surface area contributed by atoms with Gasteiger partial charge < -0.3 is 5.32 Å². The maximum absolute atomic E-state index is 12.3. The van der Waals surface area contributed by atoms with Gasteiger partial charge in [-0.25, -0.2) is 4.98 Å². The Morgan fingerprint density at radius 2 is 2.11 bits per heavy atom. The zero-order valence-electron chi connectivity index (χ0n) is 10.2. The van der Waals surface area contributed by atoms with E-state index >= 15 is 0 Å². The Hall–Kier alpha value is -1.13. The van der Waals surface area contributed by atoms with E-state index in [0.29, 0.717) is 10.7 Å². The largest absolute Gasteiger partial charge is 0.323 e. The Morgan fingerprint density at radius 3 is 2.89 bits per heavy atom. The summed E-state index contributed by atoms with van der Waals surface area (Å²) in [7, 11) is 0. The average molecular weight is 293 g/mol. The van der Waals surface area contributed by atoms with Crippen LogP contribution in [0.3, 0.4) is 0 Å². The van der Waals surface area contributed by atoms with Crippen molar-refractivity contribution in [3.05, 3.63) is 22.7 Å². The summed E-state index contributed by atoms with van der Waals surface area (Å²) < 4.78 is 1.05. The first-order valence-corrected chi connectivity index (χ1v) is 7.80. The summed E-state index contributed by atoms with van der Waals surface area (Å²) in [5.41, 5.74) is 3.25. The number of carbonyl (C=O) groups excluding carboxylic acids is 1. The van der Waals surface area contributed by atoms with Crippen LogP contribution in [0.1, 0.15) is 19.3 Å². The van der Waals surface area contributed by atoms with Crippen LogP contribution in [0.25, 0.3) is 10.2 Å². The molecule has 0 spiro atoms. The number of aromatic nitrogens is 1. The SMILES string of the molecule is O=C(Nc1c(Cl)ccc2scnc12)C1CC2CC2C1. The summed E-state index contributed by atoms with van der Waals surface area (Å²) >= 11 is 7.75. The van der Waals surface area contributed by atoms with Gasteiger partial charge >= 0.3 is 0 Å². The Labute approximate surface area is 120 Å². The Kier molecular flexibility index (Phi) is 2.57. The van der Waals surface area contributed by atoms with Gasteiger partial charge in [-0.15, -0.1) is 11.3 Å². The van der Waals surface area contributed by atoms with Crippen LogP contribution in [0.15, 0.2) is 17.6 Å². The normalized spacial score (nSPS) is 28.4. The third kappa shape index (κ3) is 1.94. The fourth-order valence-electron chi connectivity index (χ4n) is 3.18.